The Kier molecular flexibility index (Phi) is 17.0. The molecule has 0 aliphatic carbocycles. The van der Waals surface area contributed by atoms with Gasteiger partial charge in [0.05, 0.1) is 22.1 Å². The van der Waals surface area contributed by atoms with Crippen LogP contribution in [0, 0.1) is 16.9 Å². The first-order valence-corrected chi connectivity index (χ1v) is 21.0. The Hall–Kier alpha value is -5.26. The van der Waals surface area contributed by atoms with Crippen LogP contribution in [0.25, 0.3) is 44.3 Å². The Bertz CT molecular complexity index is 2930. The summed E-state index contributed by atoms with van der Waals surface area (Å²) in [4.78, 5) is 37.1. The zero-order valence-electron chi connectivity index (χ0n) is 39.8. The monoisotopic (exact) mass is 932 g/mol. The Morgan fingerprint density at radius 3 is 1.39 bits per heavy atom. The van der Waals surface area contributed by atoms with Crippen LogP contribution < -0.4 is 11.4 Å². The number of benzene rings is 6. The molecule has 64 heavy (non-hydrogen) atoms. The minimum absolute atomic E-state index is 0. The van der Waals surface area contributed by atoms with E-state index in [0.29, 0.717) is 18.7 Å². The molecule has 0 fully saturated rings. The maximum Gasteiger partial charge on any atom is 2.00 e. The molecular weight excluding hydrogens is 873 g/mol. The van der Waals surface area contributed by atoms with Gasteiger partial charge >= 0.3 is 34.4 Å². The minimum Gasteiger partial charge on any atom is -1.00 e. The first kappa shape index (κ1) is 51.4. The molecule has 330 valence electrons. The van der Waals surface area contributed by atoms with Crippen LogP contribution in [0.2, 0.25) is 0 Å². The van der Waals surface area contributed by atoms with Crippen molar-refractivity contribution < 1.29 is 11.3 Å². The van der Waals surface area contributed by atoms with E-state index in [-0.39, 0.29) is 69.5 Å². The van der Waals surface area contributed by atoms with Gasteiger partial charge in [0.15, 0.2) is 5.78 Å². The van der Waals surface area contributed by atoms with E-state index in [1.54, 1.807) is 23.1 Å². The maximum absolute atomic E-state index is 12.8. The fourth-order valence-corrected chi connectivity index (χ4v) is 7.62. The van der Waals surface area contributed by atoms with Crippen LogP contribution in [-0.4, -0.2) is 52.2 Å². The van der Waals surface area contributed by atoms with Crippen LogP contribution in [0.15, 0.2) is 155 Å². The average molecular weight is 934 g/mol. The summed E-state index contributed by atoms with van der Waals surface area (Å²) in [6, 6.07) is 49.9. The van der Waals surface area contributed by atoms with Gasteiger partial charge in [0, 0.05) is 32.7 Å². The number of hydrogen-bond acceptors (Lipinski definition) is 4. The van der Waals surface area contributed by atoms with Crippen LogP contribution in [0.5, 0.6) is 0 Å². The van der Waals surface area contributed by atoms with E-state index in [0.717, 1.165) is 55.4 Å². The number of Topliss-reactive ketones (excluding diaryl/α,β-unsaturated/α-hetero) is 1. The molecule has 0 aliphatic rings. The normalized spacial score (nSPS) is 12.2. The van der Waals surface area contributed by atoms with Crippen molar-refractivity contribution in [2.45, 2.75) is 74.1 Å². The molecule has 0 amide bonds. The number of nitrogens with zero attached hydrogens (tertiary/aromatic N) is 4. The SMILES string of the molecule is Br.CC(=O)c1cccc(-c2ccc3c(c2)n(C)c(=O)n3CC(C)(C)C)c1.Cn1c(=O)n(CC(C)(C)C)c2ccc(-c3cccc(C(C)(O)c4ccccc4)c3)cc21.[H-].[Mg+2].[c-]1ccccc1. The fourth-order valence-electron chi connectivity index (χ4n) is 7.62. The largest absolute Gasteiger partial charge is 2.00 e. The van der Waals surface area contributed by atoms with Crippen molar-refractivity contribution in [1.82, 2.24) is 18.3 Å². The smallest absolute Gasteiger partial charge is 1.00 e. The number of imidazole rings is 2. The first-order valence-electron chi connectivity index (χ1n) is 21.0. The number of rotatable bonds is 7. The summed E-state index contributed by atoms with van der Waals surface area (Å²) in [5, 5.41) is 11.2. The number of aliphatic hydroxyl groups is 1. The van der Waals surface area contributed by atoms with Gasteiger partial charge in [0.2, 0.25) is 0 Å². The summed E-state index contributed by atoms with van der Waals surface area (Å²) in [6.07, 6.45) is 0. The van der Waals surface area contributed by atoms with E-state index < -0.39 is 5.60 Å². The fraction of sp³-hybridized carbons (Fsp3) is 0.278. The number of hydrogen-bond donors (Lipinski definition) is 1. The topological polar surface area (TPSA) is 91.2 Å². The Morgan fingerprint density at radius 2 is 0.969 bits per heavy atom. The predicted molar refractivity (Wildman–Crippen MR) is 272 cm³/mol. The molecule has 0 saturated heterocycles. The summed E-state index contributed by atoms with van der Waals surface area (Å²) in [5.41, 5.74) is 9.00. The third kappa shape index (κ3) is 12.1. The molecule has 0 aliphatic heterocycles. The van der Waals surface area contributed by atoms with E-state index in [2.05, 4.69) is 59.7 Å². The Morgan fingerprint density at radius 1 is 0.547 bits per heavy atom. The molecule has 2 heterocycles. The number of aromatic nitrogens is 4. The number of fused-ring (bicyclic) bond motifs is 2. The molecule has 1 N–H and O–H groups in total. The van der Waals surface area contributed by atoms with E-state index in [9.17, 15) is 19.5 Å². The van der Waals surface area contributed by atoms with Gasteiger partial charge in [0.25, 0.3) is 0 Å². The van der Waals surface area contributed by atoms with Crippen molar-refractivity contribution in [3.8, 4) is 22.3 Å². The number of aryl methyl sites for hydroxylation is 2. The zero-order valence-corrected chi connectivity index (χ0v) is 42.0. The zero-order chi connectivity index (χ0) is 45.0. The van der Waals surface area contributed by atoms with Crippen LogP contribution in [-0.2, 0) is 32.8 Å². The number of halogens is 1. The van der Waals surface area contributed by atoms with Crippen molar-refractivity contribution in [3.05, 3.63) is 189 Å². The first-order chi connectivity index (χ1) is 29.2. The standard InChI is InChI=1S/C27H30N2O2.C21H24N2O2.C6H5.BrH.Mg.H/c1-26(2,3)18-29-23-15-14-20(17-24(23)28(5)25(29)30)19-10-9-13-22(16-19)27(4,31)21-11-7-6-8-12-21;1-14(24)15-7-6-8-16(11-15)17-9-10-18-19(12-17)22(5)20(25)23(18)13-21(2,3)4;1-2-4-6-5-3-1;;;/h6-17,31H,18H2,1-5H3;6-12H,13H2,1-5H3;1-5H;1H;;/q;;-1;;+2;-1. The molecule has 0 spiro atoms. The van der Waals surface area contributed by atoms with Crippen LogP contribution >= 0.6 is 17.0 Å². The van der Waals surface area contributed by atoms with Crippen molar-refractivity contribution >= 4 is 67.9 Å². The quantitative estimate of drug-likeness (QED) is 0.0979. The van der Waals surface area contributed by atoms with Gasteiger partial charge in [0.1, 0.15) is 5.60 Å². The van der Waals surface area contributed by atoms with Crippen LogP contribution in [0.1, 0.15) is 78.3 Å². The number of carbonyl (C=O) groups is 1. The second-order valence-corrected chi connectivity index (χ2v) is 18.6. The molecule has 2 aromatic heterocycles. The molecule has 8 aromatic rings. The minimum atomic E-state index is -1.09. The van der Waals surface area contributed by atoms with E-state index in [4.69, 9.17) is 0 Å². The van der Waals surface area contributed by atoms with Gasteiger partial charge in [-0.3, -0.25) is 23.1 Å². The Balaban J connectivity index is 0.000000298. The molecule has 0 radical (unpaired) electrons. The molecule has 8 nitrogen and oxygen atoms in total. The third-order valence-corrected chi connectivity index (χ3v) is 10.9. The predicted octanol–water partition coefficient (Wildman–Crippen LogP) is 11.4. The summed E-state index contributed by atoms with van der Waals surface area (Å²) >= 11 is 0. The van der Waals surface area contributed by atoms with Gasteiger partial charge in [-0.05, 0) is 94.5 Å². The molecular formula is C54H61BrMgN4O4. The van der Waals surface area contributed by atoms with Gasteiger partial charge in [-0.1, -0.05) is 120 Å². The van der Waals surface area contributed by atoms with Crippen LogP contribution in [0.4, 0.5) is 0 Å². The van der Waals surface area contributed by atoms with Crippen molar-refractivity contribution in [2.24, 2.45) is 24.9 Å². The molecule has 8 rings (SSSR count). The molecule has 10 heteroatoms. The second kappa shape index (κ2) is 21.2. The molecule has 6 aromatic carbocycles. The maximum atomic E-state index is 12.8. The van der Waals surface area contributed by atoms with E-state index >= 15 is 0 Å². The van der Waals surface area contributed by atoms with Crippen molar-refractivity contribution in [3.63, 3.8) is 0 Å². The number of carbonyl (C=O) groups excluding carboxylic acids is 1. The summed E-state index contributed by atoms with van der Waals surface area (Å²) < 4.78 is 7.11. The molecule has 0 bridgehead atoms. The van der Waals surface area contributed by atoms with Gasteiger partial charge in [-0.15, -0.1) is 17.0 Å². The average Bonchev–Trinajstić information content (AvgIpc) is 3.62. The third-order valence-electron chi connectivity index (χ3n) is 10.9. The Labute approximate surface area is 405 Å². The van der Waals surface area contributed by atoms with E-state index in [1.807, 2.05) is 157 Å². The molecule has 0 saturated carbocycles. The van der Waals surface area contributed by atoms with Gasteiger partial charge in [-0.25, -0.2) is 9.59 Å². The second-order valence-electron chi connectivity index (χ2n) is 18.6. The van der Waals surface area contributed by atoms with Gasteiger partial charge < -0.3 is 6.53 Å². The van der Waals surface area contributed by atoms with Gasteiger partial charge in [-0.2, -0.15) is 36.4 Å². The summed E-state index contributed by atoms with van der Waals surface area (Å²) in [7, 11) is 3.63. The van der Waals surface area contributed by atoms with Crippen molar-refractivity contribution in [1.29, 1.82) is 0 Å². The summed E-state index contributed by atoms with van der Waals surface area (Å²) in [6.45, 7) is 17.5. The molecule has 1 unspecified atom stereocenters. The number of ketones is 1. The van der Waals surface area contributed by atoms with Crippen molar-refractivity contribution in [2.75, 3.05) is 0 Å². The summed E-state index contributed by atoms with van der Waals surface area (Å²) in [5.74, 6) is 0.0478. The van der Waals surface area contributed by atoms with Crippen LogP contribution in [0.3, 0.4) is 0 Å². The van der Waals surface area contributed by atoms with E-state index in [1.165, 1.54) is 0 Å². The molecule has 1 atom stereocenters.